The molecule has 0 aliphatic carbocycles. The standard InChI is InChI=1S/C25H25ClFN3O6/c1-15-11-16(2)29(28-15)9-10-34-25(33)36-30-8-7-17-12-19(27)4-5-20(17)24(30)21-13-18(26)3-6-22(21)35-14-23(31)32/h3-6,11-13,24H,7-10,14H2,1-2H3,(H,31,32)/t24-/m0/s1. The van der Waals surface area contributed by atoms with E-state index in [0.717, 1.165) is 17.0 Å². The second kappa shape index (κ2) is 11.0. The van der Waals surface area contributed by atoms with Gasteiger partial charge >= 0.3 is 12.1 Å². The lowest BCUT2D eigenvalue weighted by Gasteiger charge is -2.36. The highest BCUT2D eigenvalue weighted by atomic mass is 35.5. The van der Waals surface area contributed by atoms with Gasteiger partial charge in [0.25, 0.3) is 0 Å². The Morgan fingerprint density at radius 1 is 1.17 bits per heavy atom. The number of benzene rings is 2. The van der Waals surface area contributed by atoms with Crippen LogP contribution in [0.25, 0.3) is 0 Å². The van der Waals surface area contributed by atoms with Gasteiger partial charge in [-0.05, 0) is 67.8 Å². The number of hydrogen-bond donors (Lipinski definition) is 1. The monoisotopic (exact) mass is 517 g/mol. The van der Waals surface area contributed by atoms with Gasteiger partial charge in [0, 0.05) is 22.8 Å². The van der Waals surface area contributed by atoms with Crippen LogP contribution in [0.3, 0.4) is 0 Å². The summed E-state index contributed by atoms with van der Waals surface area (Å²) in [5.41, 5.74) is 3.66. The van der Waals surface area contributed by atoms with Crippen molar-refractivity contribution in [2.75, 3.05) is 19.8 Å². The molecule has 0 spiro atoms. The van der Waals surface area contributed by atoms with Gasteiger partial charge in [-0.3, -0.25) is 4.68 Å². The number of ether oxygens (including phenoxy) is 2. The van der Waals surface area contributed by atoms with Crippen LogP contribution < -0.4 is 4.74 Å². The molecule has 0 saturated carbocycles. The Morgan fingerprint density at radius 3 is 2.69 bits per heavy atom. The maximum Gasteiger partial charge on any atom is 0.528 e. The van der Waals surface area contributed by atoms with Gasteiger partial charge in [-0.15, -0.1) is 5.06 Å². The molecule has 1 N–H and O–H groups in total. The molecule has 1 aliphatic heterocycles. The lowest BCUT2D eigenvalue weighted by molar-refractivity contribution is -0.151. The van der Waals surface area contributed by atoms with Crippen molar-refractivity contribution in [3.63, 3.8) is 0 Å². The topological polar surface area (TPSA) is 103 Å². The molecule has 1 aromatic heterocycles. The first kappa shape index (κ1) is 25.5. The fraction of sp³-hybridized carbons (Fsp3) is 0.320. The Labute approximate surface area is 211 Å². The molecule has 1 aliphatic rings. The van der Waals surface area contributed by atoms with E-state index in [9.17, 15) is 14.0 Å². The Bertz CT molecular complexity index is 1280. The van der Waals surface area contributed by atoms with Crippen molar-refractivity contribution in [2.24, 2.45) is 0 Å². The van der Waals surface area contributed by atoms with Crippen molar-refractivity contribution >= 4 is 23.7 Å². The van der Waals surface area contributed by atoms with Crippen LogP contribution in [-0.4, -0.2) is 51.8 Å². The molecule has 9 nitrogen and oxygen atoms in total. The zero-order chi connectivity index (χ0) is 25.8. The highest BCUT2D eigenvalue weighted by molar-refractivity contribution is 6.30. The third kappa shape index (κ3) is 5.95. The molecular formula is C25H25ClFN3O6. The van der Waals surface area contributed by atoms with E-state index in [4.69, 9.17) is 31.0 Å². The van der Waals surface area contributed by atoms with Gasteiger partial charge in [-0.2, -0.15) is 5.10 Å². The van der Waals surface area contributed by atoms with Crippen LogP contribution in [-0.2, 0) is 27.3 Å². The molecule has 0 unspecified atom stereocenters. The normalized spacial score (nSPS) is 15.3. The minimum absolute atomic E-state index is 0.0469. The summed E-state index contributed by atoms with van der Waals surface area (Å²) in [6, 6.07) is 10.2. The van der Waals surface area contributed by atoms with Crippen molar-refractivity contribution in [3.05, 3.63) is 81.4 Å². The molecule has 36 heavy (non-hydrogen) atoms. The predicted molar refractivity (Wildman–Crippen MR) is 127 cm³/mol. The van der Waals surface area contributed by atoms with Crippen LogP contribution in [0.1, 0.15) is 34.1 Å². The molecule has 0 amide bonds. The van der Waals surface area contributed by atoms with Crippen molar-refractivity contribution in [3.8, 4) is 5.75 Å². The third-order valence-corrected chi connectivity index (χ3v) is 5.96. The van der Waals surface area contributed by atoms with Crippen molar-refractivity contribution < 1.29 is 33.4 Å². The maximum absolute atomic E-state index is 14.0. The molecule has 2 heterocycles. The molecular weight excluding hydrogens is 493 g/mol. The number of rotatable bonds is 8. The number of aliphatic carboxylic acids is 1. The summed E-state index contributed by atoms with van der Waals surface area (Å²) < 4.78 is 26.5. The van der Waals surface area contributed by atoms with Gasteiger partial charge in [0.15, 0.2) is 6.61 Å². The van der Waals surface area contributed by atoms with Crippen LogP contribution in [0.5, 0.6) is 5.75 Å². The number of hydrogen-bond acceptors (Lipinski definition) is 7. The summed E-state index contributed by atoms with van der Waals surface area (Å²) in [6.07, 6.45) is -0.503. The minimum atomic E-state index is -1.15. The van der Waals surface area contributed by atoms with Crippen molar-refractivity contribution in [1.82, 2.24) is 14.8 Å². The highest BCUT2D eigenvalue weighted by Gasteiger charge is 2.34. The minimum Gasteiger partial charge on any atom is -0.482 e. The zero-order valence-electron chi connectivity index (χ0n) is 19.7. The number of aryl methyl sites for hydroxylation is 2. The summed E-state index contributed by atoms with van der Waals surface area (Å²) in [5, 5.41) is 15.2. The Kier molecular flexibility index (Phi) is 7.76. The van der Waals surface area contributed by atoms with E-state index in [-0.39, 0.29) is 24.7 Å². The van der Waals surface area contributed by atoms with E-state index >= 15 is 0 Å². The lowest BCUT2D eigenvalue weighted by Crippen LogP contribution is -2.38. The largest absolute Gasteiger partial charge is 0.528 e. The molecule has 4 rings (SSSR count). The van der Waals surface area contributed by atoms with Gasteiger partial charge in [-0.25, -0.2) is 14.0 Å². The first-order valence-electron chi connectivity index (χ1n) is 11.3. The average molecular weight is 518 g/mol. The Morgan fingerprint density at radius 2 is 1.97 bits per heavy atom. The van der Waals surface area contributed by atoms with E-state index in [1.54, 1.807) is 28.9 Å². The van der Waals surface area contributed by atoms with Crippen LogP contribution >= 0.6 is 11.6 Å². The van der Waals surface area contributed by atoms with E-state index in [0.29, 0.717) is 29.1 Å². The van der Waals surface area contributed by atoms with Crippen LogP contribution in [0, 0.1) is 19.7 Å². The van der Waals surface area contributed by atoms with Gasteiger partial charge in [0.05, 0.1) is 18.3 Å². The molecule has 0 fully saturated rings. The van der Waals surface area contributed by atoms with Gasteiger partial charge in [0.1, 0.15) is 18.2 Å². The number of halogens is 2. The van der Waals surface area contributed by atoms with E-state index in [2.05, 4.69) is 5.10 Å². The van der Waals surface area contributed by atoms with Gasteiger partial charge in [0.2, 0.25) is 0 Å². The fourth-order valence-electron chi connectivity index (χ4n) is 4.24. The fourth-order valence-corrected chi connectivity index (χ4v) is 4.42. The first-order chi connectivity index (χ1) is 17.2. The summed E-state index contributed by atoms with van der Waals surface area (Å²) in [6.45, 7) is 3.85. The second-order valence-electron chi connectivity index (χ2n) is 8.34. The molecule has 2 aromatic carbocycles. The quantitative estimate of drug-likeness (QED) is 0.436. The average Bonchev–Trinajstić information content (AvgIpc) is 3.14. The van der Waals surface area contributed by atoms with Crippen LogP contribution in [0.15, 0.2) is 42.5 Å². The SMILES string of the molecule is Cc1cc(C)n(CCOC(=O)ON2CCc3cc(F)ccc3[C@H]2c2cc(Cl)ccc2OCC(=O)O)n1. The predicted octanol–water partition coefficient (Wildman–Crippen LogP) is 4.47. The second-order valence-corrected chi connectivity index (χ2v) is 8.78. The first-order valence-corrected chi connectivity index (χ1v) is 11.6. The molecule has 0 radical (unpaired) electrons. The van der Waals surface area contributed by atoms with E-state index in [1.165, 1.54) is 17.2 Å². The molecule has 11 heteroatoms. The summed E-state index contributed by atoms with van der Waals surface area (Å²) in [7, 11) is 0. The number of carbonyl (C=O) groups excluding carboxylic acids is 1. The van der Waals surface area contributed by atoms with E-state index in [1.807, 2.05) is 19.9 Å². The summed E-state index contributed by atoms with van der Waals surface area (Å²) in [4.78, 5) is 29.3. The third-order valence-electron chi connectivity index (χ3n) is 5.72. The maximum atomic E-state index is 14.0. The molecule has 3 aromatic rings. The summed E-state index contributed by atoms with van der Waals surface area (Å²) >= 11 is 6.25. The lowest BCUT2D eigenvalue weighted by atomic mass is 9.89. The van der Waals surface area contributed by atoms with Crippen molar-refractivity contribution in [2.45, 2.75) is 32.9 Å². The Hall–Kier alpha value is -3.63. The number of carboxylic acid groups (broad SMARTS) is 1. The van der Waals surface area contributed by atoms with Gasteiger partial charge in [-0.1, -0.05) is 17.7 Å². The number of aromatic nitrogens is 2. The number of carbonyl (C=O) groups is 2. The number of hydroxylamine groups is 2. The number of fused-ring (bicyclic) bond motifs is 1. The highest BCUT2D eigenvalue weighted by Crippen LogP contribution is 2.41. The summed E-state index contributed by atoms with van der Waals surface area (Å²) in [5.74, 6) is -1.30. The number of nitrogens with zero attached hydrogens (tertiary/aromatic N) is 3. The van der Waals surface area contributed by atoms with Crippen LogP contribution in [0.4, 0.5) is 9.18 Å². The molecule has 190 valence electrons. The van der Waals surface area contributed by atoms with E-state index < -0.39 is 24.8 Å². The van der Waals surface area contributed by atoms with Crippen LogP contribution in [0.2, 0.25) is 5.02 Å². The molecule has 0 saturated heterocycles. The number of carboxylic acids is 1. The smallest absolute Gasteiger partial charge is 0.482 e. The Balaban J connectivity index is 1.57. The zero-order valence-corrected chi connectivity index (χ0v) is 20.5. The van der Waals surface area contributed by atoms with Crippen molar-refractivity contribution in [1.29, 1.82) is 0 Å². The molecule has 0 bridgehead atoms. The van der Waals surface area contributed by atoms with Gasteiger partial charge < -0.3 is 19.4 Å². The molecule has 1 atom stereocenters.